The van der Waals surface area contributed by atoms with Crippen molar-refractivity contribution in [1.29, 1.82) is 0 Å². The smallest absolute Gasteiger partial charge is 0.241 e. The lowest BCUT2D eigenvalue weighted by Crippen LogP contribution is -2.57. The van der Waals surface area contributed by atoms with E-state index in [2.05, 4.69) is 17.0 Å². The van der Waals surface area contributed by atoms with Crippen LogP contribution in [0.4, 0.5) is 5.69 Å². The molecule has 30 heavy (non-hydrogen) atoms. The molecule has 1 saturated heterocycles. The molecule has 1 aliphatic heterocycles. The number of hydrogen-bond acceptors (Lipinski definition) is 4. The van der Waals surface area contributed by atoms with E-state index in [9.17, 15) is 9.90 Å². The van der Waals surface area contributed by atoms with Crippen molar-refractivity contribution in [2.24, 2.45) is 0 Å². The van der Waals surface area contributed by atoms with Gasteiger partial charge in [-0.2, -0.15) is 0 Å². The minimum absolute atomic E-state index is 0.00538. The molecule has 0 bridgehead atoms. The first-order valence-electron chi connectivity index (χ1n) is 10.2. The molecule has 1 N–H and O–H groups in total. The van der Waals surface area contributed by atoms with Gasteiger partial charge in [0.15, 0.2) is 0 Å². The second kappa shape index (κ2) is 9.57. The van der Waals surface area contributed by atoms with Crippen molar-refractivity contribution in [3.05, 3.63) is 96.1 Å². The van der Waals surface area contributed by atoms with Crippen molar-refractivity contribution in [1.82, 2.24) is 4.90 Å². The molecule has 1 fully saturated rings. The van der Waals surface area contributed by atoms with Gasteiger partial charge in [-0.05, 0) is 35.4 Å². The number of aliphatic hydroxyl groups excluding tert-OH is 1. The van der Waals surface area contributed by atoms with Crippen LogP contribution in [-0.4, -0.2) is 41.7 Å². The Morgan fingerprint density at radius 1 is 0.867 bits per heavy atom. The highest BCUT2D eigenvalue weighted by atomic mass is 16.5. The van der Waals surface area contributed by atoms with Gasteiger partial charge in [0.05, 0.1) is 19.2 Å². The van der Waals surface area contributed by atoms with E-state index >= 15 is 0 Å². The molecule has 0 radical (unpaired) electrons. The van der Waals surface area contributed by atoms with Crippen LogP contribution in [0, 0.1) is 0 Å². The number of nitrogens with zero attached hydrogens (tertiary/aromatic N) is 2. The summed E-state index contributed by atoms with van der Waals surface area (Å²) in [4.78, 5) is 16.7. The van der Waals surface area contributed by atoms with Crippen molar-refractivity contribution >= 4 is 11.6 Å². The van der Waals surface area contributed by atoms with Crippen LogP contribution in [0.2, 0.25) is 0 Å². The first kappa shape index (κ1) is 20.1. The fourth-order valence-corrected chi connectivity index (χ4v) is 3.82. The molecule has 5 nitrogen and oxygen atoms in total. The first-order valence-corrected chi connectivity index (χ1v) is 10.2. The Labute approximate surface area is 177 Å². The summed E-state index contributed by atoms with van der Waals surface area (Å²) in [5.41, 5.74) is 3.05. The van der Waals surface area contributed by atoms with Gasteiger partial charge in [0.1, 0.15) is 12.4 Å². The Balaban J connectivity index is 1.40. The highest BCUT2D eigenvalue weighted by Gasteiger charge is 2.33. The van der Waals surface area contributed by atoms with Gasteiger partial charge < -0.3 is 14.7 Å². The lowest BCUT2D eigenvalue weighted by Gasteiger charge is -2.40. The third-order valence-electron chi connectivity index (χ3n) is 5.28. The third kappa shape index (κ3) is 4.87. The van der Waals surface area contributed by atoms with Crippen LogP contribution in [0.15, 0.2) is 84.9 Å². The zero-order chi connectivity index (χ0) is 20.8. The fourth-order valence-electron chi connectivity index (χ4n) is 3.82. The van der Waals surface area contributed by atoms with Crippen LogP contribution in [0.3, 0.4) is 0 Å². The zero-order valence-corrected chi connectivity index (χ0v) is 16.9. The number of piperazine rings is 1. The topological polar surface area (TPSA) is 53.0 Å². The molecule has 3 aromatic rings. The molecular formula is C25H26N2O3. The minimum atomic E-state index is -0.272. The predicted octanol–water partition coefficient (Wildman–Crippen LogP) is 3.48. The molecule has 1 atom stereocenters. The monoisotopic (exact) mass is 402 g/mol. The minimum Gasteiger partial charge on any atom is -0.489 e. The molecule has 0 aromatic heterocycles. The third-order valence-corrected chi connectivity index (χ3v) is 5.28. The van der Waals surface area contributed by atoms with E-state index in [1.54, 1.807) is 4.90 Å². The van der Waals surface area contributed by atoms with E-state index in [4.69, 9.17) is 4.74 Å². The summed E-state index contributed by atoms with van der Waals surface area (Å²) in [7, 11) is 0. The Hall–Kier alpha value is -3.15. The largest absolute Gasteiger partial charge is 0.489 e. The number of benzene rings is 3. The molecular weight excluding hydrogens is 376 g/mol. The van der Waals surface area contributed by atoms with Crippen molar-refractivity contribution in [2.75, 3.05) is 24.6 Å². The van der Waals surface area contributed by atoms with E-state index < -0.39 is 0 Å². The molecule has 4 rings (SSSR count). The van der Waals surface area contributed by atoms with E-state index in [-0.39, 0.29) is 18.6 Å². The number of hydrogen-bond donors (Lipinski definition) is 1. The van der Waals surface area contributed by atoms with Crippen LogP contribution in [0.5, 0.6) is 5.75 Å². The molecule has 5 heteroatoms. The van der Waals surface area contributed by atoms with Gasteiger partial charge in [0.25, 0.3) is 0 Å². The summed E-state index contributed by atoms with van der Waals surface area (Å²) in [6.45, 7) is 2.07. The second-order valence-electron chi connectivity index (χ2n) is 7.52. The van der Waals surface area contributed by atoms with Crippen molar-refractivity contribution in [3.63, 3.8) is 0 Å². The van der Waals surface area contributed by atoms with Crippen molar-refractivity contribution in [3.8, 4) is 5.75 Å². The number of carbonyl (C=O) groups excluding carboxylic acids is 1. The molecule has 0 spiro atoms. The number of ether oxygens (including phenoxy) is 1. The summed E-state index contributed by atoms with van der Waals surface area (Å²) < 4.78 is 5.84. The van der Waals surface area contributed by atoms with Gasteiger partial charge in [0.2, 0.25) is 5.91 Å². The summed E-state index contributed by atoms with van der Waals surface area (Å²) in [6, 6.07) is 27.3. The van der Waals surface area contributed by atoms with Crippen LogP contribution in [0.25, 0.3) is 0 Å². The van der Waals surface area contributed by atoms with Crippen LogP contribution in [-0.2, 0) is 17.9 Å². The van der Waals surface area contributed by atoms with Crippen LogP contribution >= 0.6 is 0 Å². The zero-order valence-electron chi connectivity index (χ0n) is 16.9. The SMILES string of the molecule is O=C1CN(Cc2ccccc2)C[C@H](CO)N1c1ccc(OCc2ccccc2)cc1. The summed E-state index contributed by atoms with van der Waals surface area (Å²) in [5, 5.41) is 9.94. The molecule has 1 heterocycles. The van der Waals surface area contributed by atoms with E-state index in [0.29, 0.717) is 26.2 Å². The standard InChI is InChI=1S/C25H26N2O3/c28-18-23-16-26(15-20-7-3-1-4-8-20)17-25(29)27(23)22-11-13-24(14-12-22)30-19-21-9-5-2-6-10-21/h1-14,23,28H,15-19H2/t23-/m1/s1. The maximum atomic E-state index is 12.9. The van der Waals surface area contributed by atoms with Gasteiger partial charge in [-0.1, -0.05) is 60.7 Å². The molecule has 0 aliphatic carbocycles. The van der Waals surface area contributed by atoms with E-state index in [1.807, 2.05) is 72.8 Å². The Bertz CT molecular complexity index is 945. The fraction of sp³-hybridized carbons (Fsp3) is 0.240. The maximum Gasteiger partial charge on any atom is 0.241 e. The summed E-state index contributed by atoms with van der Waals surface area (Å²) >= 11 is 0. The summed E-state index contributed by atoms with van der Waals surface area (Å²) in [5.74, 6) is 0.743. The number of anilines is 1. The Kier molecular flexibility index (Phi) is 6.42. The quantitative estimate of drug-likeness (QED) is 0.658. The lowest BCUT2D eigenvalue weighted by atomic mass is 10.1. The lowest BCUT2D eigenvalue weighted by molar-refractivity contribution is -0.122. The molecule has 0 unspecified atom stereocenters. The normalized spacial score (nSPS) is 17.2. The molecule has 3 aromatic carbocycles. The number of amides is 1. The predicted molar refractivity (Wildman–Crippen MR) is 117 cm³/mol. The Morgan fingerprint density at radius 3 is 2.13 bits per heavy atom. The van der Waals surface area contributed by atoms with Crippen molar-refractivity contribution in [2.45, 2.75) is 19.2 Å². The molecule has 154 valence electrons. The molecule has 1 aliphatic rings. The van der Waals surface area contributed by atoms with Gasteiger partial charge >= 0.3 is 0 Å². The number of carbonyl (C=O) groups is 1. The highest BCUT2D eigenvalue weighted by Crippen LogP contribution is 2.25. The van der Waals surface area contributed by atoms with Gasteiger partial charge in [-0.25, -0.2) is 0 Å². The second-order valence-corrected chi connectivity index (χ2v) is 7.52. The van der Waals surface area contributed by atoms with Gasteiger partial charge in [0, 0.05) is 18.8 Å². The first-order chi connectivity index (χ1) is 14.7. The maximum absolute atomic E-state index is 12.9. The van der Waals surface area contributed by atoms with Crippen molar-refractivity contribution < 1.29 is 14.6 Å². The average Bonchev–Trinajstić information content (AvgIpc) is 2.79. The van der Waals surface area contributed by atoms with Crippen LogP contribution < -0.4 is 9.64 Å². The van der Waals surface area contributed by atoms with E-state index in [1.165, 1.54) is 0 Å². The average molecular weight is 402 g/mol. The summed E-state index contributed by atoms with van der Waals surface area (Å²) in [6.07, 6.45) is 0. The van der Waals surface area contributed by atoms with E-state index in [0.717, 1.165) is 22.6 Å². The van der Waals surface area contributed by atoms with Crippen LogP contribution in [0.1, 0.15) is 11.1 Å². The number of aliphatic hydroxyl groups is 1. The van der Waals surface area contributed by atoms with Gasteiger partial charge in [-0.15, -0.1) is 0 Å². The highest BCUT2D eigenvalue weighted by molar-refractivity contribution is 5.96. The molecule has 0 saturated carbocycles. The Morgan fingerprint density at radius 2 is 1.50 bits per heavy atom. The molecule has 1 amide bonds. The van der Waals surface area contributed by atoms with Gasteiger partial charge in [-0.3, -0.25) is 9.69 Å². The number of rotatable bonds is 7.